The van der Waals surface area contributed by atoms with Crippen molar-refractivity contribution in [1.29, 1.82) is 0 Å². The van der Waals surface area contributed by atoms with Crippen LogP contribution in [0.2, 0.25) is 0 Å². The number of aryl methyl sites for hydroxylation is 2. The van der Waals surface area contributed by atoms with Crippen molar-refractivity contribution in [2.75, 3.05) is 20.8 Å². The summed E-state index contributed by atoms with van der Waals surface area (Å²) in [5, 5.41) is 1.01. The summed E-state index contributed by atoms with van der Waals surface area (Å²) >= 11 is 0. The lowest BCUT2D eigenvalue weighted by molar-refractivity contribution is -0.135. The molecule has 0 bridgehead atoms. The van der Waals surface area contributed by atoms with E-state index in [1.165, 1.54) is 7.05 Å². The third kappa shape index (κ3) is 3.72. The summed E-state index contributed by atoms with van der Waals surface area (Å²) in [7, 11) is 3.11. The predicted molar refractivity (Wildman–Crippen MR) is 69.1 cm³/mol. The summed E-state index contributed by atoms with van der Waals surface area (Å²) in [6.07, 6.45) is 0. The molecule has 100 valence electrons. The SMILES string of the molecule is COc1cc(C)cc(C)c1COCC(=O)N(C)N. The number of ether oxygens (including phenoxy) is 2. The first kappa shape index (κ1) is 14.5. The van der Waals surface area contributed by atoms with Crippen molar-refractivity contribution >= 4 is 5.91 Å². The van der Waals surface area contributed by atoms with Crippen molar-refractivity contribution in [2.24, 2.45) is 5.84 Å². The highest BCUT2D eigenvalue weighted by Gasteiger charge is 2.10. The molecule has 0 aliphatic rings. The Balaban J connectivity index is 2.70. The van der Waals surface area contributed by atoms with Crippen LogP contribution in [0.3, 0.4) is 0 Å². The number of methoxy groups -OCH3 is 1. The molecule has 0 radical (unpaired) electrons. The Morgan fingerprint density at radius 3 is 2.61 bits per heavy atom. The van der Waals surface area contributed by atoms with Crippen molar-refractivity contribution < 1.29 is 14.3 Å². The highest BCUT2D eigenvalue weighted by Crippen LogP contribution is 2.24. The first-order valence-electron chi connectivity index (χ1n) is 5.68. The van der Waals surface area contributed by atoms with Crippen molar-refractivity contribution in [3.05, 3.63) is 28.8 Å². The minimum absolute atomic E-state index is 0.0382. The summed E-state index contributed by atoms with van der Waals surface area (Å²) < 4.78 is 10.7. The molecule has 1 amide bonds. The fourth-order valence-electron chi connectivity index (χ4n) is 1.67. The zero-order valence-electron chi connectivity index (χ0n) is 11.3. The molecular weight excluding hydrogens is 232 g/mol. The second-order valence-electron chi connectivity index (χ2n) is 4.26. The van der Waals surface area contributed by atoms with Gasteiger partial charge in [0.1, 0.15) is 12.4 Å². The Morgan fingerprint density at radius 2 is 2.06 bits per heavy atom. The molecule has 0 heterocycles. The van der Waals surface area contributed by atoms with Gasteiger partial charge in [0.15, 0.2) is 0 Å². The Kier molecular flexibility index (Phi) is 5.12. The minimum Gasteiger partial charge on any atom is -0.496 e. The summed E-state index contributed by atoms with van der Waals surface area (Å²) in [5.74, 6) is 5.81. The molecule has 0 saturated carbocycles. The van der Waals surface area contributed by atoms with Crippen LogP contribution in [0.5, 0.6) is 5.75 Å². The number of carbonyl (C=O) groups is 1. The lowest BCUT2D eigenvalue weighted by Crippen LogP contribution is -2.35. The molecule has 0 aromatic heterocycles. The van der Waals surface area contributed by atoms with Gasteiger partial charge in [0.25, 0.3) is 5.91 Å². The van der Waals surface area contributed by atoms with E-state index >= 15 is 0 Å². The van der Waals surface area contributed by atoms with E-state index < -0.39 is 0 Å². The molecule has 0 unspecified atom stereocenters. The third-order valence-corrected chi connectivity index (χ3v) is 2.66. The van der Waals surface area contributed by atoms with Gasteiger partial charge >= 0.3 is 0 Å². The number of hydrazine groups is 1. The number of hydrogen-bond donors (Lipinski definition) is 1. The topological polar surface area (TPSA) is 64.8 Å². The van der Waals surface area contributed by atoms with Crippen molar-refractivity contribution in [3.63, 3.8) is 0 Å². The molecule has 1 aromatic carbocycles. The smallest absolute Gasteiger partial charge is 0.262 e. The number of carbonyl (C=O) groups excluding carboxylic acids is 1. The van der Waals surface area contributed by atoms with E-state index in [-0.39, 0.29) is 12.5 Å². The van der Waals surface area contributed by atoms with Crippen LogP contribution in [-0.4, -0.2) is 31.7 Å². The van der Waals surface area contributed by atoms with Crippen LogP contribution in [0.25, 0.3) is 0 Å². The lowest BCUT2D eigenvalue weighted by atomic mass is 10.1. The molecule has 5 nitrogen and oxygen atoms in total. The molecule has 0 atom stereocenters. The summed E-state index contributed by atoms with van der Waals surface area (Å²) in [5.41, 5.74) is 3.17. The molecule has 0 fully saturated rings. The molecule has 0 saturated heterocycles. The van der Waals surface area contributed by atoms with Gasteiger partial charge in [-0.15, -0.1) is 0 Å². The van der Waals surface area contributed by atoms with Gasteiger partial charge < -0.3 is 9.47 Å². The first-order chi connectivity index (χ1) is 8.45. The number of likely N-dealkylation sites (N-methyl/N-ethyl adjacent to an activating group) is 1. The normalized spacial score (nSPS) is 10.3. The minimum atomic E-state index is -0.265. The molecule has 1 rings (SSSR count). The average Bonchev–Trinajstić information content (AvgIpc) is 2.30. The second-order valence-corrected chi connectivity index (χ2v) is 4.26. The van der Waals surface area contributed by atoms with Gasteiger partial charge in [0.2, 0.25) is 0 Å². The molecule has 2 N–H and O–H groups in total. The monoisotopic (exact) mass is 252 g/mol. The lowest BCUT2D eigenvalue weighted by Gasteiger charge is -2.14. The zero-order valence-corrected chi connectivity index (χ0v) is 11.3. The van der Waals surface area contributed by atoms with Gasteiger partial charge in [0.05, 0.1) is 13.7 Å². The Hall–Kier alpha value is -1.59. The zero-order chi connectivity index (χ0) is 13.7. The van der Waals surface area contributed by atoms with Gasteiger partial charge in [-0.25, -0.2) is 5.84 Å². The maximum Gasteiger partial charge on any atom is 0.262 e. The molecule has 5 heteroatoms. The number of amides is 1. The van der Waals surface area contributed by atoms with E-state index in [0.29, 0.717) is 6.61 Å². The van der Waals surface area contributed by atoms with E-state index in [1.807, 2.05) is 19.9 Å². The fourth-order valence-corrected chi connectivity index (χ4v) is 1.67. The van der Waals surface area contributed by atoms with Crippen LogP contribution in [-0.2, 0) is 16.1 Å². The van der Waals surface area contributed by atoms with E-state index in [9.17, 15) is 4.79 Å². The average molecular weight is 252 g/mol. The van der Waals surface area contributed by atoms with Gasteiger partial charge in [-0.1, -0.05) is 6.07 Å². The summed E-state index contributed by atoms with van der Waals surface area (Å²) in [6, 6.07) is 4.00. The quantitative estimate of drug-likeness (QED) is 0.485. The third-order valence-electron chi connectivity index (χ3n) is 2.66. The van der Waals surface area contributed by atoms with Crippen LogP contribution in [0.15, 0.2) is 12.1 Å². The van der Waals surface area contributed by atoms with E-state index in [0.717, 1.165) is 27.4 Å². The molecule has 1 aromatic rings. The summed E-state index contributed by atoms with van der Waals surface area (Å²) in [4.78, 5) is 11.3. The van der Waals surface area contributed by atoms with Gasteiger partial charge in [-0.3, -0.25) is 9.80 Å². The highest BCUT2D eigenvalue weighted by molar-refractivity contribution is 5.76. The molecule has 18 heavy (non-hydrogen) atoms. The van der Waals surface area contributed by atoms with Crippen molar-refractivity contribution in [2.45, 2.75) is 20.5 Å². The number of rotatable bonds is 5. The van der Waals surface area contributed by atoms with E-state index in [4.69, 9.17) is 15.3 Å². The van der Waals surface area contributed by atoms with E-state index in [1.54, 1.807) is 7.11 Å². The maximum atomic E-state index is 11.3. The van der Waals surface area contributed by atoms with Crippen LogP contribution < -0.4 is 10.6 Å². The first-order valence-corrected chi connectivity index (χ1v) is 5.68. The van der Waals surface area contributed by atoms with E-state index in [2.05, 4.69) is 6.07 Å². The highest BCUT2D eigenvalue weighted by atomic mass is 16.5. The number of hydrogen-bond acceptors (Lipinski definition) is 4. The second kappa shape index (κ2) is 6.37. The fraction of sp³-hybridized carbons (Fsp3) is 0.462. The molecular formula is C13H20N2O3. The van der Waals surface area contributed by atoms with Crippen LogP contribution in [0.4, 0.5) is 0 Å². The standard InChI is InChI=1S/C13H20N2O3/c1-9-5-10(2)11(12(6-9)17-4)7-18-8-13(16)15(3)14/h5-6H,7-8,14H2,1-4H3. The molecule has 0 spiro atoms. The van der Waals surface area contributed by atoms with Crippen LogP contribution in [0, 0.1) is 13.8 Å². The molecule has 0 aliphatic carbocycles. The number of nitrogens with two attached hydrogens (primary N) is 1. The van der Waals surface area contributed by atoms with Crippen molar-refractivity contribution in [3.8, 4) is 5.75 Å². The predicted octanol–water partition coefficient (Wildman–Crippen LogP) is 1.16. The Morgan fingerprint density at radius 1 is 1.39 bits per heavy atom. The van der Waals surface area contributed by atoms with Gasteiger partial charge in [-0.2, -0.15) is 0 Å². The van der Waals surface area contributed by atoms with Crippen LogP contribution >= 0.6 is 0 Å². The largest absolute Gasteiger partial charge is 0.496 e. The number of nitrogens with zero attached hydrogens (tertiary/aromatic N) is 1. The summed E-state index contributed by atoms with van der Waals surface area (Å²) in [6.45, 7) is 4.29. The van der Waals surface area contributed by atoms with Gasteiger partial charge in [0, 0.05) is 12.6 Å². The number of benzene rings is 1. The Labute approximate surface area is 107 Å². The van der Waals surface area contributed by atoms with Crippen LogP contribution in [0.1, 0.15) is 16.7 Å². The maximum absolute atomic E-state index is 11.3. The van der Waals surface area contributed by atoms with Gasteiger partial charge in [-0.05, 0) is 31.0 Å². The molecule has 0 aliphatic heterocycles. The van der Waals surface area contributed by atoms with Crippen molar-refractivity contribution in [1.82, 2.24) is 5.01 Å². The Bertz CT molecular complexity index is 430.